The minimum Gasteiger partial charge on any atom is -0.543 e. The van der Waals surface area contributed by atoms with Gasteiger partial charge in [-0.15, -0.1) is 0 Å². The van der Waals surface area contributed by atoms with Gasteiger partial charge in [-0.1, -0.05) is 12.1 Å². The van der Waals surface area contributed by atoms with E-state index >= 15 is 0 Å². The van der Waals surface area contributed by atoms with Crippen molar-refractivity contribution in [3.05, 3.63) is 59.2 Å². The van der Waals surface area contributed by atoms with E-state index < -0.39 is 46.7 Å². The minimum atomic E-state index is -1.52. The first-order valence-electron chi connectivity index (χ1n) is 7.91. The monoisotopic (exact) mass is 541 g/mol. The van der Waals surface area contributed by atoms with Crippen LogP contribution in [0.1, 0.15) is 48.9 Å². The molecule has 1 atom stereocenters. The fraction of sp³-hybridized carbons (Fsp3) is 0.176. The first-order chi connectivity index (χ1) is 13.5. The molecule has 0 unspecified atom stereocenters. The van der Waals surface area contributed by atoms with Crippen LogP contribution in [0.25, 0.3) is 0 Å². The van der Waals surface area contributed by atoms with Gasteiger partial charge >= 0.3 is 17.1 Å². The Morgan fingerprint density at radius 1 is 0.706 bits per heavy atom. The molecule has 14 N–H and O–H groups in total. The summed E-state index contributed by atoms with van der Waals surface area (Å²) in [6.45, 7) is 2.99. The maximum atomic E-state index is 10.2. The Morgan fingerprint density at radius 3 is 1.00 bits per heavy atom. The SMILES string of the molecule is C[C@@H]([NH3+])C[NH3+].O.O.O.O.O=C([O-])c1cccc(C(=O)[O-])n1.O=C([O-])c1cccc(C(=O)[O-])n1.[Cu+2]. The molecule has 16 nitrogen and oxygen atoms in total. The molecule has 34 heavy (non-hydrogen) atoms. The van der Waals surface area contributed by atoms with Gasteiger partial charge in [-0.3, -0.25) is 0 Å². The van der Waals surface area contributed by atoms with Gasteiger partial charge in [0, 0.05) is 0 Å². The molecule has 2 aromatic rings. The third kappa shape index (κ3) is 18.1. The molecule has 0 fully saturated rings. The second-order valence-corrected chi connectivity index (χ2v) is 5.36. The zero-order valence-electron chi connectivity index (χ0n) is 17.6. The number of carbonyl (C=O) groups excluding carboxylic acids is 4. The second kappa shape index (κ2) is 22.6. The van der Waals surface area contributed by atoms with Crippen LogP contribution in [0.4, 0.5) is 0 Å². The third-order valence-corrected chi connectivity index (χ3v) is 2.83. The van der Waals surface area contributed by atoms with E-state index in [1.165, 1.54) is 12.1 Å². The fourth-order valence-electron chi connectivity index (χ4n) is 1.32. The number of carboxylic acids is 4. The summed E-state index contributed by atoms with van der Waals surface area (Å²) >= 11 is 0. The Balaban J connectivity index is -0.0000000860. The van der Waals surface area contributed by atoms with Crippen LogP contribution in [0.2, 0.25) is 0 Å². The van der Waals surface area contributed by atoms with E-state index in [1.807, 2.05) is 6.92 Å². The summed E-state index contributed by atoms with van der Waals surface area (Å²) < 4.78 is 0. The normalized spacial score (nSPS) is 8.79. The molecule has 0 aliphatic carbocycles. The number of aromatic carboxylic acids is 4. The van der Waals surface area contributed by atoms with Crippen LogP contribution < -0.4 is 31.9 Å². The second-order valence-electron chi connectivity index (χ2n) is 5.36. The molecule has 197 valence electrons. The van der Waals surface area contributed by atoms with Gasteiger partial charge in [-0.05, 0) is 31.2 Å². The molecule has 0 spiro atoms. The maximum Gasteiger partial charge on any atom is 2.00 e. The maximum absolute atomic E-state index is 10.2. The van der Waals surface area contributed by atoms with Gasteiger partial charge in [-0.2, -0.15) is 0 Å². The zero-order chi connectivity index (χ0) is 22.6. The van der Waals surface area contributed by atoms with Crippen LogP contribution in [-0.2, 0) is 17.1 Å². The van der Waals surface area contributed by atoms with E-state index in [1.54, 1.807) is 0 Å². The smallest absolute Gasteiger partial charge is 0.543 e. The molecular formula is C17H26CuN4O12. The summed E-state index contributed by atoms with van der Waals surface area (Å²) in [7, 11) is 0. The summed E-state index contributed by atoms with van der Waals surface area (Å²) in [5.74, 6) is -6.06. The Kier molecular flexibility index (Phi) is 29.4. The number of hydrogen-bond acceptors (Lipinski definition) is 10. The van der Waals surface area contributed by atoms with Gasteiger partial charge in [-0.25, -0.2) is 9.97 Å². The Bertz CT molecular complexity index is 757. The fourth-order valence-corrected chi connectivity index (χ4v) is 1.32. The number of rotatable bonds is 5. The Morgan fingerprint density at radius 2 is 0.882 bits per heavy atom. The summed E-state index contributed by atoms with van der Waals surface area (Å²) in [6.07, 6.45) is 0. The molecule has 2 rings (SSSR count). The standard InChI is InChI=1S/2C7H5NO4.C3H10N2.Cu.4H2O/c2*9-6(10)4-2-1-3-5(8-4)7(11)12;1-3(5)2-4;;;;;/h2*1-3H,(H,9,10)(H,11,12);3H,2,4-5H2,1H3;;4*1H2/q;;;+2;;;;/p-2/t;;3-;;;;;/m..1...../s1. The number of hydrogen-bond donors (Lipinski definition) is 2. The summed E-state index contributed by atoms with van der Waals surface area (Å²) in [4.78, 5) is 47.3. The van der Waals surface area contributed by atoms with Crippen molar-refractivity contribution in [1.82, 2.24) is 9.97 Å². The van der Waals surface area contributed by atoms with Crippen molar-refractivity contribution in [1.29, 1.82) is 0 Å². The molecule has 0 aliphatic rings. The van der Waals surface area contributed by atoms with Crippen molar-refractivity contribution in [2.45, 2.75) is 13.0 Å². The average molecular weight is 542 g/mol. The van der Waals surface area contributed by atoms with Crippen LogP contribution in [0.5, 0.6) is 0 Å². The van der Waals surface area contributed by atoms with Gasteiger partial charge in [0.25, 0.3) is 0 Å². The topological polar surface area (TPSA) is 368 Å². The van der Waals surface area contributed by atoms with Crippen LogP contribution >= 0.6 is 0 Å². The number of carboxylic acid groups (broad SMARTS) is 4. The number of pyridine rings is 2. The largest absolute Gasteiger partial charge is 2.00 e. The molecular weight excluding hydrogens is 516 g/mol. The minimum absolute atomic E-state index is 0. The number of aromatic nitrogens is 2. The third-order valence-electron chi connectivity index (χ3n) is 2.83. The molecule has 2 heterocycles. The number of nitrogens with zero attached hydrogens (tertiary/aromatic N) is 2. The van der Waals surface area contributed by atoms with E-state index in [4.69, 9.17) is 0 Å². The molecule has 2 aromatic heterocycles. The Labute approximate surface area is 203 Å². The van der Waals surface area contributed by atoms with Crippen molar-refractivity contribution in [2.75, 3.05) is 6.54 Å². The van der Waals surface area contributed by atoms with E-state index in [-0.39, 0.29) is 39.0 Å². The average Bonchev–Trinajstić information content (AvgIpc) is 2.69. The predicted octanol–water partition coefficient (Wildman–Crippen LogP) is -9.83. The molecule has 0 bridgehead atoms. The molecule has 0 saturated heterocycles. The van der Waals surface area contributed by atoms with Gasteiger partial charge in [0.2, 0.25) is 0 Å². The molecule has 1 radical (unpaired) electrons. The van der Waals surface area contributed by atoms with Gasteiger partial charge in [0.1, 0.15) is 12.6 Å². The number of carbonyl (C=O) groups is 4. The first-order valence-corrected chi connectivity index (χ1v) is 7.91. The van der Waals surface area contributed by atoms with E-state index in [0.29, 0.717) is 6.04 Å². The van der Waals surface area contributed by atoms with E-state index in [2.05, 4.69) is 21.4 Å². The molecule has 0 saturated carbocycles. The number of quaternary nitrogens is 2. The van der Waals surface area contributed by atoms with E-state index in [0.717, 1.165) is 30.8 Å². The van der Waals surface area contributed by atoms with Gasteiger partial charge in [0.15, 0.2) is 0 Å². The van der Waals surface area contributed by atoms with Crippen molar-refractivity contribution in [3.63, 3.8) is 0 Å². The van der Waals surface area contributed by atoms with Crippen LogP contribution in [-0.4, -0.2) is 68.3 Å². The summed E-state index contributed by atoms with van der Waals surface area (Å²) in [6, 6.07) is 7.59. The van der Waals surface area contributed by atoms with Crippen LogP contribution in [0.15, 0.2) is 36.4 Å². The molecule has 0 aliphatic heterocycles. The van der Waals surface area contributed by atoms with Crippen molar-refractivity contribution in [2.24, 2.45) is 0 Å². The van der Waals surface area contributed by atoms with Crippen molar-refractivity contribution >= 4 is 23.9 Å². The predicted molar refractivity (Wildman–Crippen MR) is 100 cm³/mol. The van der Waals surface area contributed by atoms with Gasteiger partial charge in [0.05, 0.1) is 46.7 Å². The van der Waals surface area contributed by atoms with Crippen LogP contribution in [0, 0.1) is 0 Å². The van der Waals surface area contributed by atoms with Crippen LogP contribution in [0.3, 0.4) is 0 Å². The van der Waals surface area contributed by atoms with Crippen molar-refractivity contribution < 1.29 is 90.0 Å². The molecule has 17 heteroatoms. The summed E-state index contributed by atoms with van der Waals surface area (Å²) in [5, 5.41) is 40.8. The quantitative estimate of drug-likeness (QED) is 0.336. The zero-order valence-corrected chi connectivity index (χ0v) is 18.6. The first kappa shape index (κ1) is 44.2. The Hall–Kier alpha value is -3.54. The van der Waals surface area contributed by atoms with Crippen molar-refractivity contribution in [3.8, 4) is 0 Å². The molecule has 0 amide bonds. The van der Waals surface area contributed by atoms with E-state index in [9.17, 15) is 39.6 Å². The summed E-state index contributed by atoms with van der Waals surface area (Å²) in [5.41, 5.74) is 5.64. The molecule has 0 aromatic carbocycles. The van der Waals surface area contributed by atoms with Gasteiger partial charge < -0.3 is 73.0 Å².